The highest BCUT2D eigenvalue weighted by Gasteiger charge is 2.19. The molecule has 0 saturated heterocycles. The molecule has 1 atom stereocenters. The standard InChI is InChI=1S/C61H90O6/c1-4-7-10-13-16-19-22-25-27-29-30-32-33-36-39-42-45-48-51-54-60(63)66-57-58(56-65-59(62)53-50-47-44-41-38-35-24-21-18-15-12-9-6-3)67-61(64)55-52-49-46-43-40-37-34-31-28-26-23-20-17-14-11-8-5-2/h7-12,14-21,23-28,30-32,34,36-37,39-40,58H,4-6,13,22,29,33,35,38,41-57H2,1-3H3/b10-7+,11-8+,12-9+,17-14+,18-15+,19-16+,23-20+,24-21+,27-25+,28-26+,32-30+,34-31+,39-36+,40-37+. The molecule has 0 aliphatic heterocycles. The summed E-state index contributed by atoms with van der Waals surface area (Å²) in [5, 5.41) is 0. The van der Waals surface area contributed by atoms with Crippen molar-refractivity contribution in [3.63, 3.8) is 0 Å². The monoisotopic (exact) mass is 919 g/mol. The maximum absolute atomic E-state index is 12.8. The molecule has 0 aliphatic rings. The highest BCUT2D eigenvalue weighted by Crippen LogP contribution is 2.12. The lowest BCUT2D eigenvalue weighted by Crippen LogP contribution is -2.30. The van der Waals surface area contributed by atoms with Gasteiger partial charge >= 0.3 is 17.9 Å². The molecule has 0 aromatic rings. The molecule has 0 heterocycles. The summed E-state index contributed by atoms with van der Waals surface area (Å²) in [5.74, 6) is -1.04. The van der Waals surface area contributed by atoms with Crippen LogP contribution >= 0.6 is 0 Å². The summed E-state index contributed by atoms with van der Waals surface area (Å²) in [7, 11) is 0. The Labute approximate surface area is 409 Å². The van der Waals surface area contributed by atoms with Gasteiger partial charge in [0.25, 0.3) is 0 Å². The molecule has 0 N–H and O–H groups in total. The van der Waals surface area contributed by atoms with Crippen molar-refractivity contribution in [2.75, 3.05) is 13.2 Å². The molecule has 0 saturated carbocycles. The highest BCUT2D eigenvalue weighted by molar-refractivity contribution is 5.71. The summed E-state index contributed by atoms with van der Waals surface area (Å²) in [6.45, 7) is 6.13. The number of esters is 3. The van der Waals surface area contributed by atoms with Crippen LogP contribution in [0, 0.1) is 0 Å². The minimum absolute atomic E-state index is 0.127. The Morgan fingerprint density at radius 3 is 1.03 bits per heavy atom. The first kappa shape index (κ1) is 61.8. The third kappa shape index (κ3) is 51.6. The maximum Gasteiger partial charge on any atom is 0.306 e. The maximum atomic E-state index is 12.8. The first-order valence-electron chi connectivity index (χ1n) is 25.8. The molecule has 0 rings (SSSR count). The second-order valence-corrected chi connectivity index (χ2v) is 16.1. The van der Waals surface area contributed by atoms with Crippen LogP contribution in [-0.2, 0) is 28.6 Å². The van der Waals surface area contributed by atoms with Crippen molar-refractivity contribution in [3.8, 4) is 0 Å². The van der Waals surface area contributed by atoms with Gasteiger partial charge in [-0.15, -0.1) is 0 Å². The van der Waals surface area contributed by atoms with Gasteiger partial charge in [-0.2, -0.15) is 0 Å². The van der Waals surface area contributed by atoms with Crippen molar-refractivity contribution >= 4 is 17.9 Å². The van der Waals surface area contributed by atoms with Crippen LogP contribution in [0.4, 0.5) is 0 Å². The molecular weight excluding hydrogens is 829 g/mol. The van der Waals surface area contributed by atoms with E-state index in [0.717, 1.165) is 128 Å². The third-order valence-electron chi connectivity index (χ3n) is 9.92. The number of hydrogen-bond acceptors (Lipinski definition) is 6. The number of carbonyl (C=O) groups excluding carboxylic acids is 3. The molecule has 370 valence electrons. The summed E-state index contributed by atoms with van der Waals surface area (Å²) in [6.07, 6.45) is 79.0. The molecule has 0 amide bonds. The van der Waals surface area contributed by atoms with Gasteiger partial charge in [0.05, 0.1) is 0 Å². The number of rotatable bonds is 43. The van der Waals surface area contributed by atoms with E-state index in [1.807, 2.05) is 66.8 Å². The fourth-order valence-electron chi connectivity index (χ4n) is 6.14. The Bertz CT molecular complexity index is 1620. The Morgan fingerprint density at radius 2 is 0.612 bits per heavy atom. The van der Waals surface area contributed by atoms with Gasteiger partial charge in [-0.3, -0.25) is 14.4 Å². The van der Waals surface area contributed by atoms with Gasteiger partial charge in [0.2, 0.25) is 0 Å². The minimum Gasteiger partial charge on any atom is -0.462 e. The van der Waals surface area contributed by atoms with Crippen molar-refractivity contribution in [1.82, 2.24) is 0 Å². The second kappa shape index (κ2) is 53.4. The van der Waals surface area contributed by atoms with Crippen LogP contribution in [-0.4, -0.2) is 37.2 Å². The molecule has 0 aromatic carbocycles. The van der Waals surface area contributed by atoms with Crippen molar-refractivity contribution in [2.24, 2.45) is 0 Å². The van der Waals surface area contributed by atoms with E-state index in [9.17, 15) is 14.4 Å². The molecule has 0 spiro atoms. The van der Waals surface area contributed by atoms with E-state index in [1.165, 1.54) is 0 Å². The predicted molar refractivity (Wildman–Crippen MR) is 288 cm³/mol. The van der Waals surface area contributed by atoms with E-state index in [0.29, 0.717) is 19.3 Å². The SMILES string of the molecule is CC/C=C/C=C/C=C/C=C/C=C/C=C/CCCCCC(=O)OC(COC(=O)CCCCC/C=C/C/C=C/C/C=C/C/C=C/C/C=C/CC)COC(=O)CCCCCCC/C=C/C=C/C=C/CC. The summed E-state index contributed by atoms with van der Waals surface area (Å²) in [6, 6.07) is 0. The van der Waals surface area contributed by atoms with Crippen LogP contribution < -0.4 is 0 Å². The average molecular weight is 919 g/mol. The second-order valence-electron chi connectivity index (χ2n) is 16.1. The molecule has 6 heteroatoms. The van der Waals surface area contributed by atoms with E-state index in [4.69, 9.17) is 14.2 Å². The van der Waals surface area contributed by atoms with Crippen molar-refractivity contribution in [1.29, 1.82) is 0 Å². The summed E-state index contributed by atoms with van der Waals surface area (Å²) >= 11 is 0. The number of unbranched alkanes of at least 4 members (excludes halogenated alkanes) is 11. The smallest absolute Gasteiger partial charge is 0.306 e. The molecule has 0 fully saturated rings. The van der Waals surface area contributed by atoms with Gasteiger partial charge < -0.3 is 14.2 Å². The van der Waals surface area contributed by atoms with Gasteiger partial charge in [-0.05, 0) is 103 Å². The quantitative estimate of drug-likeness (QED) is 0.0199. The fraction of sp³-hybridized carbons (Fsp3) is 0.492. The summed E-state index contributed by atoms with van der Waals surface area (Å²) < 4.78 is 16.7. The van der Waals surface area contributed by atoms with Crippen LogP contribution in [0.3, 0.4) is 0 Å². The molecule has 1 unspecified atom stereocenters. The zero-order chi connectivity index (χ0) is 48.6. The lowest BCUT2D eigenvalue weighted by molar-refractivity contribution is -0.167. The van der Waals surface area contributed by atoms with Crippen LogP contribution in [0.15, 0.2) is 170 Å². The largest absolute Gasteiger partial charge is 0.462 e. The van der Waals surface area contributed by atoms with Gasteiger partial charge in [-0.25, -0.2) is 0 Å². The van der Waals surface area contributed by atoms with E-state index in [-0.39, 0.29) is 37.5 Å². The Morgan fingerprint density at radius 1 is 0.313 bits per heavy atom. The Hall–Kier alpha value is -5.23. The number of hydrogen-bond donors (Lipinski definition) is 0. The summed E-state index contributed by atoms with van der Waals surface area (Å²) in [4.78, 5) is 38.0. The Kier molecular flexibility index (Phi) is 49.2. The lowest BCUT2D eigenvalue weighted by Gasteiger charge is -2.18. The lowest BCUT2D eigenvalue weighted by atomic mass is 10.1. The highest BCUT2D eigenvalue weighted by atomic mass is 16.6. The minimum atomic E-state index is -0.833. The van der Waals surface area contributed by atoms with Crippen LogP contribution in [0.1, 0.15) is 175 Å². The first-order valence-corrected chi connectivity index (χ1v) is 25.8. The molecule has 0 bridgehead atoms. The average Bonchev–Trinajstić information content (AvgIpc) is 3.33. The van der Waals surface area contributed by atoms with E-state index < -0.39 is 6.10 Å². The van der Waals surface area contributed by atoms with Crippen LogP contribution in [0.5, 0.6) is 0 Å². The van der Waals surface area contributed by atoms with Crippen molar-refractivity contribution in [3.05, 3.63) is 170 Å². The number of carbonyl (C=O) groups is 3. The van der Waals surface area contributed by atoms with Gasteiger partial charge in [0.1, 0.15) is 13.2 Å². The topological polar surface area (TPSA) is 78.9 Å². The van der Waals surface area contributed by atoms with E-state index in [1.54, 1.807) is 0 Å². The Balaban J connectivity index is 4.61. The van der Waals surface area contributed by atoms with Crippen molar-refractivity contribution < 1.29 is 28.6 Å². The fourth-order valence-corrected chi connectivity index (χ4v) is 6.14. The van der Waals surface area contributed by atoms with Crippen LogP contribution in [0.2, 0.25) is 0 Å². The zero-order valence-electron chi connectivity index (χ0n) is 42.1. The van der Waals surface area contributed by atoms with E-state index >= 15 is 0 Å². The molecule has 6 nitrogen and oxygen atoms in total. The van der Waals surface area contributed by atoms with Crippen LogP contribution in [0.25, 0.3) is 0 Å². The first-order chi connectivity index (χ1) is 33.0. The summed E-state index contributed by atoms with van der Waals surface area (Å²) in [5.41, 5.74) is 0. The van der Waals surface area contributed by atoms with E-state index in [2.05, 4.69) is 124 Å². The number of ether oxygens (including phenoxy) is 3. The third-order valence-corrected chi connectivity index (χ3v) is 9.92. The molecular formula is C61H90O6. The number of allylic oxidation sites excluding steroid dienone is 28. The van der Waals surface area contributed by atoms with Gasteiger partial charge in [-0.1, -0.05) is 223 Å². The van der Waals surface area contributed by atoms with Crippen molar-refractivity contribution in [2.45, 2.75) is 181 Å². The molecule has 67 heavy (non-hydrogen) atoms. The van der Waals surface area contributed by atoms with Gasteiger partial charge in [0.15, 0.2) is 6.10 Å². The molecule has 0 aliphatic carbocycles. The zero-order valence-corrected chi connectivity index (χ0v) is 42.1. The normalized spacial score (nSPS) is 13.5. The molecule has 0 radical (unpaired) electrons. The van der Waals surface area contributed by atoms with Gasteiger partial charge in [0, 0.05) is 19.3 Å². The predicted octanol–water partition coefficient (Wildman–Crippen LogP) is 17.2. The molecule has 0 aromatic heterocycles.